The molecular formula is C22H38O5. The van der Waals surface area contributed by atoms with Crippen LogP contribution >= 0.6 is 0 Å². The minimum atomic E-state index is -0.747. The molecule has 0 radical (unpaired) electrons. The molecule has 0 unspecified atom stereocenters. The monoisotopic (exact) mass is 382 g/mol. The van der Waals surface area contributed by atoms with Gasteiger partial charge in [-0.05, 0) is 39.0 Å². The molecule has 1 aliphatic rings. The number of hydrogen-bond acceptors (Lipinski definition) is 5. The molecule has 1 aliphatic carbocycles. The maximum atomic E-state index is 12.6. The van der Waals surface area contributed by atoms with E-state index in [9.17, 15) is 19.8 Å². The molecule has 0 spiro atoms. The first-order chi connectivity index (χ1) is 12.8. The van der Waals surface area contributed by atoms with Gasteiger partial charge in [0.15, 0.2) is 0 Å². The molecule has 0 aromatic rings. The Bertz CT molecular complexity index is 483. The number of ketones is 1. The fourth-order valence-corrected chi connectivity index (χ4v) is 3.74. The van der Waals surface area contributed by atoms with E-state index in [1.807, 2.05) is 13.0 Å². The van der Waals surface area contributed by atoms with Gasteiger partial charge in [-0.3, -0.25) is 9.59 Å². The van der Waals surface area contributed by atoms with Crippen LogP contribution in [-0.2, 0) is 14.3 Å². The average Bonchev–Trinajstić information content (AvgIpc) is 2.90. The van der Waals surface area contributed by atoms with Crippen LogP contribution in [-0.4, -0.2) is 40.8 Å². The van der Waals surface area contributed by atoms with Gasteiger partial charge in [-0.25, -0.2) is 0 Å². The van der Waals surface area contributed by atoms with Crippen molar-refractivity contribution in [3.8, 4) is 0 Å². The maximum Gasteiger partial charge on any atom is 0.305 e. The zero-order chi connectivity index (χ0) is 20.3. The lowest BCUT2D eigenvalue weighted by molar-refractivity contribution is -0.140. The second-order valence-electron chi connectivity index (χ2n) is 8.19. The van der Waals surface area contributed by atoms with Crippen LogP contribution in [0.4, 0.5) is 0 Å². The summed E-state index contributed by atoms with van der Waals surface area (Å²) in [6.07, 6.45) is 11.8. The number of rotatable bonds is 13. The number of aliphatic hydroxyl groups excluding tert-OH is 1. The van der Waals surface area contributed by atoms with Gasteiger partial charge in [0.05, 0.1) is 24.7 Å². The van der Waals surface area contributed by atoms with Crippen LogP contribution in [0.15, 0.2) is 12.2 Å². The van der Waals surface area contributed by atoms with Crippen LogP contribution in [0.1, 0.15) is 84.5 Å². The second kappa shape index (κ2) is 12.3. The van der Waals surface area contributed by atoms with Crippen molar-refractivity contribution in [3.63, 3.8) is 0 Å². The van der Waals surface area contributed by atoms with Crippen molar-refractivity contribution in [2.45, 2.75) is 96.2 Å². The molecule has 0 aromatic heterocycles. The Hall–Kier alpha value is -1.20. The number of ether oxygens (including phenoxy) is 1. The second-order valence-corrected chi connectivity index (χ2v) is 8.19. The van der Waals surface area contributed by atoms with Crippen molar-refractivity contribution in [1.82, 2.24) is 0 Å². The van der Waals surface area contributed by atoms with Gasteiger partial charge in [-0.2, -0.15) is 0 Å². The van der Waals surface area contributed by atoms with Gasteiger partial charge in [0.25, 0.3) is 0 Å². The summed E-state index contributed by atoms with van der Waals surface area (Å²) in [5.41, 5.74) is -0.747. The Labute approximate surface area is 164 Å². The van der Waals surface area contributed by atoms with Crippen molar-refractivity contribution >= 4 is 11.8 Å². The number of carbonyl (C=O) groups is 2. The van der Waals surface area contributed by atoms with Gasteiger partial charge in [-0.1, -0.05) is 51.2 Å². The molecule has 1 fully saturated rings. The molecule has 156 valence electrons. The number of hydrogen-bond donors (Lipinski definition) is 2. The molecule has 5 heteroatoms. The van der Waals surface area contributed by atoms with E-state index >= 15 is 0 Å². The highest BCUT2D eigenvalue weighted by molar-refractivity contribution is 5.87. The van der Waals surface area contributed by atoms with E-state index in [-0.39, 0.29) is 17.7 Å². The first-order valence-electron chi connectivity index (χ1n) is 10.5. The van der Waals surface area contributed by atoms with Crippen LogP contribution in [0.25, 0.3) is 0 Å². The lowest BCUT2D eigenvalue weighted by Crippen LogP contribution is -2.23. The summed E-state index contributed by atoms with van der Waals surface area (Å²) >= 11 is 0. The highest BCUT2D eigenvalue weighted by Gasteiger charge is 2.39. The van der Waals surface area contributed by atoms with Crippen molar-refractivity contribution in [3.05, 3.63) is 12.2 Å². The summed E-state index contributed by atoms with van der Waals surface area (Å²) in [6.45, 7) is 3.92. The lowest BCUT2D eigenvalue weighted by atomic mass is 9.93. The van der Waals surface area contributed by atoms with E-state index < -0.39 is 17.6 Å². The van der Waals surface area contributed by atoms with E-state index in [2.05, 4.69) is 11.7 Å². The SMILES string of the molecule is CCCC[C@](C)(O)CC=C[C@H]1C(=O)[C@@H](CCCCCCC(=O)OC)C[C@@H]1O. The topological polar surface area (TPSA) is 83.8 Å². The van der Waals surface area contributed by atoms with Crippen LogP contribution in [0.3, 0.4) is 0 Å². The largest absolute Gasteiger partial charge is 0.469 e. The smallest absolute Gasteiger partial charge is 0.305 e. The predicted octanol–water partition coefficient (Wildman–Crippen LogP) is 3.95. The molecule has 0 bridgehead atoms. The standard InChI is InChI=1S/C22H38O5/c1-4-5-14-22(2,26)15-10-12-18-19(23)16-17(21(18)25)11-8-6-7-9-13-20(24)27-3/h10,12,17-19,23,26H,4-9,11,13-16H2,1-3H3/t17-,18+,19-,22-/m0/s1. The Morgan fingerprint density at radius 2 is 1.96 bits per heavy atom. The predicted molar refractivity (Wildman–Crippen MR) is 106 cm³/mol. The molecule has 2 N–H and O–H groups in total. The fourth-order valence-electron chi connectivity index (χ4n) is 3.74. The first-order valence-corrected chi connectivity index (χ1v) is 10.5. The molecule has 27 heavy (non-hydrogen) atoms. The van der Waals surface area contributed by atoms with Crippen LogP contribution < -0.4 is 0 Å². The molecule has 0 aromatic carbocycles. The van der Waals surface area contributed by atoms with E-state index in [0.717, 1.165) is 51.4 Å². The first kappa shape index (κ1) is 23.8. The third-order valence-electron chi connectivity index (χ3n) is 5.55. The molecule has 0 amide bonds. The molecular weight excluding hydrogens is 344 g/mol. The average molecular weight is 383 g/mol. The quantitative estimate of drug-likeness (QED) is 0.286. The number of methoxy groups -OCH3 is 1. The minimum absolute atomic E-state index is 0.0733. The molecule has 4 atom stereocenters. The number of unbranched alkanes of at least 4 members (excludes halogenated alkanes) is 4. The lowest BCUT2D eigenvalue weighted by Gasteiger charge is -2.21. The van der Waals surface area contributed by atoms with Crippen molar-refractivity contribution in [1.29, 1.82) is 0 Å². The Balaban J connectivity index is 2.32. The van der Waals surface area contributed by atoms with Crippen molar-refractivity contribution in [2.24, 2.45) is 11.8 Å². The van der Waals surface area contributed by atoms with Crippen molar-refractivity contribution < 1.29 is 24.5 Å². The highest BCUT2D eigenvalue weighted by Crippen LogP contribution is 2.33. The highest BCUT2D eigenvalue weighted by atomic mass is 16.5. The van der Waals surface area contributed by atoms with Crippen LogP contribution in [0.2, 0.25) is 0 Å². The summed E-state index contributed by atoms with van der Waals surface area (Å²) in [7, 11) is 1.40. The van der Waals surface area contributed by atoms with Gasteiger partial charge < -0.3 is 14.9 Å². The molecule has 1 rings (SSSR count). The Morgan fingerprint density at radius 3 is 2.63 bits per heavy atom. The number of Topliss-reactive ketones (excluding diaryl/α,β-unsaturated/α-hetero) is 1. The molecule has 0 saturated heterocycles. The summed E-state index contributed by atoms with van der Waals surface area (Å²) in [6, 6.07) is 0. The van der Waals surface area contributed by atoms with Gasteiger partial charge in [0.1, 0.15) is 5.78 Å². The molecule has 0 heterocycles. The Kier molecular flexibility index (Phi) is 10.9. The summed E-state index contributed by atoms with van der Waals surface area (Å²) in [5, 5.41) is 20.6. The summed E-state index contributed by atoms with van der Waals surface area (Å²) in [4.78, 5) is 23.6. The van der Waals surface area contributed by atoms with E-state index in [1.165, 1.54) is 7.11 Å². The molecule has 0 aliphatic heterocycles. The zero-order valence-electron chi connectivity index (χ0n) is 17.3. The van der Waals surface area contributed by atoms with Gasteiger partial charge in [0, 0.05) is 12.3 Å². The summed E-state index contributed by atoms with van der Waals surface area (Å²) < 4.78 is 4.61. The molecule has 5 nitrogen and oxygen atoms in total. The molecule has 1 saturated carbocycles. The normalized spacial score (nSPS) is 25.1. The third kappa shape index (κ3) is 9.02. The maximum absolute atomic E-state index is 12.6. The van der Waals surface area contributed by atoms with Crippen molar-refractivity contribution in [2.75, 3.05) is 7.11 Å². The number of aliphatic hydroxyl groups is 2. The fraction of sp³-hybridized carbons (Fsp3) is 0.818. The Morgan fingerprint density at radius 1 is 1.26 bits per heavy atom. The minimum Gasteiger partial charge on any atom is -0.469 e. The van der Waals surface area contributed by atoms with E-state index in [4.69, 9.17) is 0 Å². The van der Waals surface area contributed by atoms with E-state index in [0.29, 0.717) is 19.3 Å². The number of carbonyl (C=O) groups excluding carboxylic acids is 2. The van der Waals surface area contributed by atoms with Gasteiger partial charge in [-0.15, -0.1) is 0 Å². The van der Waals surface area contributed by atoms with Gasteiger partial charge >= 0.3 is 5.97 Å². The number of esters is 1. The van der Waals surface area contributed by atoms with Crippen LogP contribution in [0.5, 0.6) is 0 Å². The van der Waals surface area contributed by atoms with Gasteiger partial charge in [0.2, 0.25) is 0 Å². The van der Waals surface area contributed by atoms with Crippen LogP contribution in [0, 0.1) is 11.8 Å². The summed E-state index contributed by atoms with van der Waals surface area (Å²) in [5.74, 6) is -0.555. The zero-order valence-corrected chi connectivity index (χ0v) is 17.3. The third-order valence-corrected chi connectivity index (χ3v) is 5.55. The van der Waals surface area contributed by atoms with E-state index in [1.54, 1.807) is 6.08 Å².